The first-order valence-electron chi connectivity index (χ1n) is 7.92. The van der Waals surface area contributed by atoms with Crippen LogP contribution in [0.4, 0.5) is 0 Å². The number of carboxylic acid groups (broad SMARTS) is 1. The van der Waals surface area contributed by atoms with Gasteiger partial charge in [-0.3, -0.25) is 9.59 Å². The molecule has 0 unspecified atom stereocenters. The minimum Gasteiger partial charge on any atom is -0.481 e. The molecular formula is C17H22ClNO3S. The van der Waals surface area contributed by atoms with Crippen LogP contribution in [0.15, 0.2) is 29.2 Å². The Labute approximate surface area is 146 Å². The number of carboxylic acids is 1. The fourth-order valence-corrected chi connectivity index (χ4v) is 3.71. The number of aliphatic carboxylic acids is 1. The number of carbonyl (C=O) groups excluding carboxylic acids is 1. The number of carbonyl (C=O) groups is 2. The van der Waals surface area contributed by atoms with Crippen LogP contribution in [0.25, 0.3) is 0 Å². The van der Waals surface area contributed by atoms with E-state index in [0.29, 0.717) is 19.5 Å². The Kier molecular flexibility index (Phi) is 7.24. The molecule has 1 N–H and O–H groups in total. The van der Waals surface area contributed by atoms with Crippen LogP contribution >= 0.6 is 23.4 Å². The average molecular weight is 356 g/mol. The van der Waals surface area contributed by atoms with Crippen molar-refractivity contribution in [3.05, 3.63) is 29.3 Å². The predicted molar refractivity (Wildman–Crippen MR) is 93.0 cm³/mol. The lowest BCUT2D eigenvalue weighted by atomic mass is 9.93. The molecule has 1 heterocycles. The molecule has 23 heavy (non-hydrogen) atoms. The molecule has 126 valence electrons. The number of rotatable bonds is 7. The smallest absolute Gasteiger partial charge is 0.303 e. The molecule has 0 bridgehead atoms. The Morgan fingerprint density at radius 2 is 1.87 bits per heavy atom. The van der Waals surface area contributed by atoms with E-state index in [4.69, 9.17) is 16.7 Å². The monoisotopic (exact) mass is 355 g/mol. The fraction of sp³-hybridized carbons (Fsp3) is 0.529. The van der Waals surface area contributed by atoms with Gasteiger partial charge in [0.1, 0.15) is 0 Å². The average Bonchev–Trinajstić information content (AvgIpc) is 2.53. The molecule has 0 aliphatic carbocycles. The largest absolute Gasteiger partial charge is 0.481 e. The summed E-state index contributed by atoms with van der Waals surface area (Å²) in [5.41, 5.74) is 0. The van der Waals surface area contributed by atoms with Crippen molar-refractivity contribution in [3.63, 3.8) is 0 Å². The first-order valence-corrected chi connectivity index (χ1v) is 9.29. The molecule has 1 aromatic rings. The zero-order valence-corrected chi connectivity index (χ0v) is 14.6. The van der Waals surface area contributed by atoms with Gasteiger partial charge in [0.05, 0.1) is 0 Å². The van der Waals surface area contributed by atoms with Crippen LogP contribution in [0.5, 0.6) is 0 Å². The van der Waals surface area contributed by atoms with Crippen LogP contribution < -0.4 is 0 Å². The van der Waals surface area contributed by atoms with Crippen LogP contribution in [0.1, 0.15) is 32.1 Å². The number of nitrogens with zero attached hydrogens (tertiary/aromatic N) is 1. The van der Waals surface area contributed by atoms with Gasteiger partial charge in [0, 0.05) is 35.8 Å². The second-order valence-corrected chi connectivity index (χ2v) is 7.43. The zero-order chi connectivity index (χ0) is 16.7. The SMILES string of the molecule is O=C(O)CC1CCN(C(=O)CCCSc2ccc(Cl)cc2)CC1. The minimum atomic E-state index is -0.742. The third kappa shape index (κ3) is 6.43. The van der Waals surface area contributed by atoms with Crippen molar-refractivity contribution in [1.82, 2.24) is 4.90 Å². The van der Waals surface area contributed by atoms with Gasteiger partial charge >= 0.3 is 5.97 Å². The van der Waals surface area contributed by atoms with E-state index in [9.17, 15) is 9.59 Å². The van der Waals surface area contributed by atoms with Gasteiger partial charge in [-0.25, -0.2) is 0 Å². The summed E-state index contributed by atoms with van der Waals surface area (Å²) in [4.78, 5) is 25.9. The Balaban J connectivity index is 1.62. The molecule has 4 nitrogen and oxygen atoms in total. The Bertz CT molecular complexity index is 527. The lowest BCUT2D eigenvalue weighted by Crippen LogP contribution is -2.38. The van der Waals surface area contributed by atoms with E-state index < -0.39 is 5.97 Å². The van der Waals surface area contributed by atoms with Crippen molar-refractivity contribution in [2.24, 2.45) is 5.92 Å². The predicted octanol–water partition coefficient (Wildman–Crippen LogP) is 3.93. The summed E-state index contributed by atoms with van der Waals surface area (Å²) in [6.07, 6.45) is 3.24. The first-order chi connectivity index (χ1) is 11.0. The van der Waals surface area contributed by atoms with Crippen molar-refractivity contribution in [1.29, 1.82) is 0 Å². The number of piperidine rings is 1. The second kappa shape index (κ2) is 9.18. The molecule has 1 aliphatic rings. The van der Waals surface area contributed by atoms with Gasteiger partial charge in [-0.05, 0) is 55.2 Å². The highest BCUT2D eigenvalue weighted by atomic mass is 35.5. The van der Waals surface area contributed by atoms with E-state index in [1.165, 1.54) is 0 Å². The van der Waals surface area contributed by atoms with E-state index in [1.807, 2.05) is 29.2 Å². The van der Waals surface area contributed by atoms with Crippen LogP contribution in [0, 0.1) is 5.92 Å². The summed E-state index contributed by atoms with van der Waals surface area (Å²) in [6, 6.07) is 7.72. The lowest BCUT2D eigenvalue weighted by Gasteiger charge is -2.31. The third-order valence-electron chi connectivity index (χ3n) is 4.05. The molecule has 1 saturated heterocycles. The minimum absolute atomic E-state index is 0.190. The maximum atomic E-state index is 12.2. The van der Waals surface area contributed by atoms with E-state index in [0.717, 1.165) is 34.9 Å². The number of amides is 1. The Morgan fingerprint density at radius 1 is 1.22 bits per heavy atom. The third-order valence-corrected chi connectivity index (χ3v) is 5.40. The number of benzene rings is 1. The molecule has 6 heteroatoms. The molecule has 0 atom stereocenters. The number of thioether (sulfide) groups is 1. The normalized spacial score (nSPS) is 15.6. The number of halogens is 1. The van der Waals surface area contributed by atoms with Crippen molar-refractivity contribution in [2.45, 2.75) is 37.0 Å². The lowest BCUT2D eigenvalue weighted by molar-refractivity contribution is -0.138. The van der Waals surface area contributed by atoms with Gasteiger partial charge in [0.25, 0.3) is 0 Å². The number of hydrogen-bond acceptors (Lipinski definition) is 3. The first kappa shape index (κ1) is 18.1. The van der Waals surface area contributed by atoms with Crippen molar-refractivity contribution >= 4 is 35.2 Å². The van der Waals surface area contributed by atoms with Gasteiger partial charge in [0.2, 0.25) is 5.91 Å². The van der Waals surface area contributed by atoms with Crippen molar-refractivity contribution in [2.75, 3.05) is 18.8 Å². The van der Waals surface area contributed by atoms with Crippen LogP contribution in [0.3, 0.4) is 0 Å². The van der Waals surface area contributed by atoms with E-state index in [1.54, 1.807) is 11.8 Å². The topological polar surface area (TPSA) is 57.6 Å². The number of hydrogen-bond donors (Lipinski definition) is 1. The van der Waals surface area contributed by atoms with Gasteiger partial charge in [-0.15, -0.1) is 11.8 Å². The second-order valence-electron chi connectivity index (χ2n) is 5.83. The standard InChI is InChI=1S/C17H22ClNO3S/c18-14-3-5-15(6-4-14)23-11-1-2-16(20)19-9-7-13(8-10-19)12-17(21)22/h3-6,13H,1-2,7-12H2,(H,21,22). The van der Waals surface area contributed by atoms with Crippen LogP contribution in [-0.2, 0) is 9.59 Å². The molecule has 1 aromatic carbocycles. The summed E-state index contributed by atoms with van der Waals surface area (Å²) in [5.74, 6) is 0.574. The van der Waals surface area contributed by atoms with Gasteiger partial charge < -0.3 is 10.0 Å². The summed E-state index contributed by atoms with van der Waals surface area (Å²) in [6.45, 7) is 1.39. The van der Waals surface area contributed by atoms with Crippen molar-refractivity contribution in [3.8, 4) is 0 Å². The van der Waals surface area contributed by atoms with Crippen molar-refractivity contribution < 1.29 is 14.7 Å². The van der Waals surface area contributed by atoms with E-state index in [-0.39, 0.29) is 18.2 Å². The van der Waals surface area contributed by atoms with Crippen LogP contribution in [0.2, 0.25) is 5.02 Å². The maximum absolute atomic E-state index is 12.2. The molecular weight excluding hydrogens is 334 g/mol. The van der Waals surface area contributed by atoms with E-state index >= 15 is 0 Å². The van der Waals surface area contributed by atoms with E-state index in [2.05, 4.69) is 0 Å². The summed E-state index contributed by atoms with van der Waals surface area (Å²) >= 11 is 7.58. The highest BCUT2D eigenvalue weighted by molar-refractivity contribution is 7.99. The Morgan fingerprint density at radius 3 is 2.48 bits per heavy atom. The molecule has 0 spiro atoms. The molecule has 0 radical (unpaired) electrons. The molecule has 0 aromatic heterocycles. The van der Waals surface area contributed by atoms with Gasteiger partial charge in [0.15, 0.2) is 0 Å². The molecule has 1 amide bonds. The highest BCUT2D eigenvalue weighted by Gasteiger charge is 2.23. The van der Waals surface area contributed by atoms with Gasteiger partial charge in [-0.2, -0.15) is 0 Å². The quantitative estimate of drug-likeness (QED) is 0.594. The summed E-state index contributed by atoms with van der Waals surface area (Å²) in [5, 5.41) is 9.54. The zero-order valence-electron chi connectivity index (χ0n) is 13.0. The molecule has 2 rings (SSSR count). The fourth-order valence-electron chi connectivity index (χ4n) is 2.74. The maximum Gasteiger partial charge on any atom is 0.303 e. The number of likely N-dealkylation sites (tertiary alicyclic amines) is 1. The Hall–Kier alpha value is -1.20. The van der Waals surface area contributed by atoms with Gasteiger partial charge in [-0.1, -0.05) is 11.6 Å². The summed E-state index contributed by atoms with van der Waals surface area (Å²) in [7, 11) is 0. The molecule has 0 saturated carbocycles. The summed E-state index contributed by atoms with van der Waals surface area (Å²) < 4.78 is 0. The molecule has 1 fully saturated rings. The highest BCUT2D eigenvalue weighted by Crippen LogP contribution is 2.23. The molecule has 1 aliphatic heterocycles. The van der Waals surface area contributed by atoms with Crippen LogP contribution in [-0.4, -0.2) is 40.7 Å².